The Labute approximate surface area is 154 Å². The van der Waals surface area contributed by atoms with E-state index in [2.05, 4.69) is 26.5 Å². The number of allylic oxidation sites excluding steroid dienone is 1. The maximum Gasteiger partial charge on any atom is 0.277 e. The Morgan fingerprint density at radius 1 is 1.29 bits per heavy atom. The number of benzene rings is 2. The van der Waals surface area contributed by atoms with E-state index in [1.165, 1.54) is 6.21 Å². The van der Waals surface area contributed by atoms with Crippen molar-refractivity contribution in [3.05, 3.63) is 69.2 Å². The number of nitrogens with one attached hydrogen (secondary N) is 1. The van der Waals surface area contributed by atoms with E-state index in [-0.39, 0.29) is 12.5 Å². The second-order valence-electron chi connectivity index (χ2n) is 4.93. The largest absolute Gasteiger partial charge is 0.483 e. The average Bonchev–Trinajstić information content (AvgIpc) is 2.55. The van der Waals surface area contributed by atoms with Crippen LogP contribution in [0.2, 0.25) is 5.02 Å². The van der Waals surface area contributed by atoms with E-state index in [1.807, 2.05) is 43.3 Å². The van der Waals surface area contributed by atoms with Gasteiger partial charge in [0.1, 0.15) is 5.75 Å². The lowest BCUT2D eigenvalue weighted by atomic mass is 10.2. The molecule has 4 nitrogen and oxygen atoms in total. The van der Waals surface area contributed by atoms with E-state index in [0.717, 1.165) is 15.6 Å². The molecule has 0 spiro atoms. The molecule has 0 aliphatic heterocycles. The van der Waals surface area contributed by atoms with Gasteiger partial charge in [0.15, 0.2) is 6.61 Å². The van der Waals surface area contributed by atoms with Crippen molar-refractivity contribution in [1.29, 1.82) is 0 Å². The van der Waals surface area contributed by atoms with Crippen LogP contribution in [0.1, 0.15) is 11.1 Å². The summed E-state index contributed by atoms with van der Waals surface area (Å²) in [6.07, 6.45) is 3.40. The molecule has 0 unspecified atom stereocenters. The van der Waals surface area contributed by atoms with Crippen LogP contribution >= 0.6 is 27.5 Å². The van der Waals surface area contributed by atoms with Gasteiger partial charge in [0.05, 0.1) is 6.21 Å². The summed E-state index contributed by atoms with van der Waals surface area (Å²) in [6.45, 7) is 1.74. The predicted molar refractivity (Wildman–Crippen MR) is 102 cm³/mol. The van der Waals surface area contributed by atoms with Gasteiger partial charge in [0, 0.05) is 9.51 Å². The fraction of sp³-hybridized carbons (Fsp3) is 0.111. The Morgan fingerprint density at radius 2 is 2.04 bits per heavy atom. The van der Waals surface area contributed by atoms with Crippen LogP contribution in [0.15, 0.2) is 58.1 Å². The molecule has 0 aliphatic rings. The number of rotatable bonds is 6. The van der Waals surface area contributed by atoms with E-state index >= 15 is 0 Å². The molecule has 0 radical (unpaired) electrons. The van der Waals surface area contributed by atoms with Gasteiger partial charge in [-0.3, -0.25) is 4.79 Å². The SMILES string of the molecule is Cc1cc(Cl)ccc1OCC(=O)N/N=C/C(Br)=C/c1ccccc1. The normalized spacial score (nSPS) is 11.5. The van der Waals surface area contributed by atoms with Gasteiger partial charge in [-0.25, -0.2) is 5.43 Å². The molecule has 0 heterocycles. The van der Waals surface area contributed by atoms with E-state index in [1.54, 1.807) is 18.2 Å². The van der Waals surface area contributed by atoms with Gasteiger partial charge in [0.25, 0.3) is 5.91 Å². The highest BCUT2D eigenvalue weighted by Crippen LogP contribution is 2.21. The van der Waals surface area contributed by atoms with Gasteiger partial charge in [-0.2, -0.15) is 5.10 Å². The Morgan fingerprint density at radius 3 is 2.75 bits per heavy atom. The third kappa shape index (κ3) is 6.18. The first-order valence-electron chi connectivity index (χ1n) is 7.17. The first-order chi connectivity index (χ1) is 11.5. The first kappa shape index (κ1) is 18.2. The van der Waals surface area contributed by atoms with Crippen molar-refractivity contribution in [2.24, 2.45) is 5.10 Å². The standard InChI is InChI=1S/C18H16BrClN2O2/c1-13-9-16(20)7-8-17(13)24-12-18(23)22-21-11-15(19)10-14-5-3-2-4-6-14/h2-11H,12H2,1H3,(H,22,23)/b15-10-,21-11+. The van der Waals surface area contributed by atoms with Crippen molar-refractivity contribution in [2.45, 2.75) is 6.92 Å². The van der Waals surface area contributed by atoms with E-state index in [4.69, 9.17) is 16.3 Å². The Bertz CT molecular complexity index is 761. The maximum absolute atomic E-state index is 11.7. The summed E-state index contributed by atoms with van der Waals surface area (Å²) in [5.41, 5.74) is 4.31. The van der Waals surface area contributed by atoms with E-state index < -0.39 is 0 Å². The fourth-order valence-corrected chi connectivity index (χ4v) is 2.46. The third-order valence-electron chi connectivity index (χ3n) is 2.98. The van der Waals surface area contributed by atoms with Gasteiger partial charge in [0.2, 0.25) is 0 Å². The summed E-state index contributed by atoms with van der Waals surface area (Å²) >= 11 is 9.25. The highest BCUT2D eigenvalue weighted by molar-refractivity contribution is 9.12. The highest BCUT2D eigenvalue weighted by atomic mass is 79.9. The van der Waals surface area contributed by atoms with Crippen molar-refractivity contribution >= 4 is 45.7 Å². The van der Waals surface area contributed by atoms with E-state index in [0.29, 0.717) is 10.8 Å². The van der Waals surface area contributed by atoms with Crippen LogP contribution in [0, 0.1) is 6.92 Å². The Balaban J connectivity index is 1.81. The van der Waals surface area contributed by atoms with Crippen LogP contribution in [0.4, 0.5) is 0 Å². The zero-order valence-electron chi connectivity index (χ0n) is 13.0. The minimum atomic E-state index is -0.347. The molecule has 2 rings (SSSR count). The van der Waals surface area contributed by atoms with Gasteiger partial charge in [-0.05, 0) is 58.3 Å². The zero-order valence-corrected chi connectivity index (χ0v) is 15.3. The number of hydrogen-bond acceptors (Lipinski definition) is 3. The highest BCUT2D eigenvalue weighted by Gasteiger charge is 2.04. The molecule has 124 valence electrons. The number of carbonyl (C=O) groups excluding carboxylic acids is 1. The number of amides is 1. The molecular formula is C18H16BrClN2O2. The van der Waals surface area contributed by atoms with Gasteiger partial charge >= 0.3 is 0 Å². The Hall–Kier alpha value is -2.11. The molecular weight excluding hydrogens is 392 g/mol. The zero-order chi connectivity index (χ0) is 17.4. The predicted octanol–water partition coefficient (Wildman–Crippen LogP) is 4.57. The summed E-state index contributed by atoms with van der Waals surface area (Å²) in [5, 5.41) is 4.50. The van der Waals surface area contributed by atoms with E-state index in [9.17, 15) is 4.79 Å². The number of nitrogens with zero attached hydrogens (tertiary/aromatic N) is 1. The lowest BCUT2D eigenvalue weighted by Gasteiger charge is -2.08. The third-order valence-corrected chi connectivity index (χ3v) is 3.65. The first-order valence-corrected chi connectivity index (χ1v) is 8.35. The second-order valence-corrected chi connectivity index (χ2v) is 6.28. The summed E-state index contributed by atoms with van der Waals surface area (Å²) < 4.78 is 6.18. The average molecular weight is 408 g/mol. The molecule has 6 heteroatoms. The molecule has 0 fully saturated rings. The molecule has 1 amide bonds. The van der Waals surface area contributed by atoms with Crippen molar-refractivity contribution in [3.8, 4) is 5.75 Å². The van der Waals surface area contributed by atoms with Crippen molar-refractivity contribution in [2.75, 3.05) is 6.61 Å². The Kier molecular flexibility index (Phi) is 7.03. The molecule has 0 saturated carbocycles. The number of halogens is 2. The van der Waals surface area contributed by atoms with Crippen LogP contribution in [-0.2, 0) is 4.79 Å². The monoisotopic (exact) mass is 406 g/mol. The molecule has 24 heavy (non-hydrogen) atoms. The number of carbonyl (C=O) groups is 1. The van der Waals surface area contributed by atoms with Gasteiger partial charge < -0.3 is 4.74 Å². The fourth-order valence-electron chi connectivity index (χ4n) is 1.86. The maximum atomic E-state index is 11.7. The van der Waals surface area contributed by atoms with Gasteiger partial charge in [-0.1, -0.05) is 41.9 Å². The second kappa shape index (κ2) is 9.25. The minimum absolute atomic E-state index is 0.125. The van der Waals surface area contributed by atoms with Crippen LogP contribution in [0.5, 0.6) is 5.75 Å². The number of hydrazone groups is 1. The molecule has 0 bridgehead atoms. The van der Waals surface area contributed by atoms with Crippen molar-refractivity contribution in [1.82, 2.24) is 5.43 Å². The summed E-state index contributed by atoms with van der Waals surface area (Å²) in [6, 6.07) is 15.0. The lowest BCUT2D eigenvalue weighted by molar-refractivity contribution is -0.123. The van der Waals surface area contributed by atoms with Crippen LogP contribution in [0.3, 0.4) is 0 Å². The van der Waals surface area contributed by atoms with Gasteiger partial charge in [-0.15, -0.1) is 0 Å². The lowest BCUT2D eigenvalue weighted by Crippen LogP contribution is -2.24. The molecule has 0 saturated heterocycles. The molecule has 0 aliphatic carbocycles. The van der Waals surface area contributed by atoms with Crippen molar-refractivity contribution in [3.63, 3.8) is 0 Å². The minimum Gasteiger partial charge on any atom is -0.483 e. The molecule has 0 atom stereocenters. The summed E-state index contributed by atoms with van der Waals surface area (Å²) in [4.78, 5) is 11.7. The van der Waals surface area contributed by atoms with Crippen LogP contribution in [0.25, 0.3) is 6.08 Å². The summed E-state index contributed by atoms with van der Waals surface area (Å²) in [5.74, 6) is 0.268. The molecule has 2 aromatic rings. The quantitative estimate of drug-likeness (QED) is 0.563. The molecule has 2 aromatic carbocycles. The number of hydrogen-bond donors (Lipinski definition) is 1. The topological polar surface area (TPSA) is 50.7 Å². The molecule has 1 N–H and O–H groups in total. The smallest absolute Gasteiger partial charge is 0.277 e. The van der Waals surface area contributed by atoms with Crippen LogP contribution < -0.4 is 10.2 Å². The molecule has 0 aromatic heterocycles. The van der Waals surface area contributed by atoms with Crippen molar-refractivity contribution < 1.29 is 9.53 Å². The number of aryl methyl sites for hydroxylation is 1. The summed E-state index contributed by atoms with van der Waals surface area (Å²) in [7, 11) is 0. The number of ether oxygens (including phenoxy) is 1. The van der Waals surface area contributed by atoms with Crippen LogP contribution in [-0.4, -0.2) is 18.7 Å².